The summed E-state index contributed by atoms with van der Waals surface area (Å²) in [6, 6.07) is 0. The van der Waals surface area contributed by atoms with Crippen molar-refractivity contribution in [2.24, 2.45) is 5.92 Å². The molecule has 0 radical (unpaired) electrons. The van der Waals surface area contributed by atoms with Crippen LogP contribution in [0.15, 0.2) is 0 Å². The molecule has 0 spiro atoms. The summed E-state index contributed by atoms with van der Waals surface area (Å²) in [6.45, 7) is 0.657. The van der Waals surface area contributed by atoms with E-state index in [4.69, 9.17) is 9.84 Å². The third-order valence-electron chi connectivity index (χ3n) is 1.82. The number of aliphatic carboxylic acids is 1. The second-order valence-electron chi connectivity index (χ2n) is 2.74. The number of alkyl halides is 1. The van der Waals surface area contributed by atoms with Crippen molar-refractivity contribution in [1.82, 2.24) is 0 Å². The minimum absolute atomic E-state index is 0.124. The lowest BCUT2D eigenvalue weighted by Crippen LogP contribution is -2.30. The first-order chi connectivity index (χ1) is 5.20. The first-order valence-electron chi connectivity index (χ1n) is 3.63. The molecule has 0 saturated carbocycles. The van der Waals surface area contributed by atoms with E-state index in [-0.39, 0.29) is 13.0 Å². The van der Waals surface area contributed by atoms with Gasteiger partial charge in [0.15, 0.2) is 0 Å². The van der Waals surface area contributed by atoms with Gasteiger partial charge in [0.05, 0.1) is 13.0 Å². The molecule has 0 bridgehead atoms. The standard InChI is InChI=1S/C7H11FO3/c8-6-1-2-11-4-5(6)3-7(9)10/h5-6H,1-4H2,(H,9,10)/t5-,6-/m1/s1. The highest BCUT2D eigenvalue weighted by molar-refractivity contribution is 5.67. The van der Waals surface area contributed by atoms with E-state index in [9.17, 15) is 9.18 Å². The molecule has 1 N–H and O–H groups in total. The summed E-state index contributed by atoms with van der Waals surface area (Å²) >= 11 is 0. The van der Waals surface area contributed by atoms with Gasteiger partial charge in [0.25, 0.3) is 0 Å². The molecule has 0 aromatic rings. The van der Waals surface area contributed by atoms with E-state index in [1.165, 1.54) is 0 Å². The molecule has 0 aromatic heterocycles. The van der Waals surface area contributed by atoms with E-state index in [0.717, 1.165) is 0 Å². The summed E-state index contributed by atoms with van der Waals surface area (Å²) in [5.41, 5.74) is 0. The smallest absolute Gasteiger partial charge is 0.303 e. The molecule has 1 rings (SSSR count). The summed E-state index contributed by atoms with van der Waals surface area (Å²) in [4.78, 5) is 10.2. The maximum Gasteiger partial charge on any atom is 0.303 e. The third-order valence-corrected chi connectivity index (χ3v) is 1.82. The van der Waals surface area contributed by atoms with Crippen LogP contribution in [-0.4, -0.2) is 30.5 Å². The molecule has 1 aliphatic heterocycles. The van der Waals surface area contributed by atoms with Gasteiger partial charge in [-0.2, -0.15) is 0 Å². The molecule has 1 aliphatic rings. The number of halogens is 1. The predicted molar refractivity (Wildman–Crippen MR) is 36.1 cm³/mol. The van der Waals surface area contributed by atoms with Crippen LogP contribution in [0.5, 0.6) is 0 Å². The van der Waals surface area contributed by atoms with E-state index in [0.29, 0.717) is 13.0 Å². The van der Waals surface area contributed by atoms with E-state index in [1.54, 1.807) is 0 Å². The molecule has 0 aliphatic carbocycles. The number of ether oxygens (including phenoxy) is 1. The first kappa shape index (κ1) is 8.46. The molecular formula is C7H11FO3. The fraction of sp³-hybridized carbons (Fsp3) is 0.857. The molecule has 3 nitrogen and oxygen atoms in total. The zero-order valence-corrected chi connectivity index (χ0v) is 6.12. The summed E-state index contributed by atoms with van der Waals surface area (Å²) in [7, 11) is 0. The fourth-order valence-corrected chi connectivity index (χ4v) is 1.18. The molecule has 0 amide bonds. The molecular weight excluding hydrogens is 151 g/mol. The van der Waals surface area contributed by atoms with Gasteiger partial charge in [0.1, 0.15) is 6.17 Å². The molecule has 1 saturated heterocycles. The van der Waals surface area contributed by atoms with Crippen LogP contribution >= 0.6 is 0 Å². The van der Waals surface area contributed by atoms with Crippen molar-refractivity contribution in [3.8, 4) is 0 Å². The second kappa shape index (κ2) is 3.67. The highest BCUT2D eigenvalue weighted by atomic mass is 19.1. The Hall–Kier alpha value is -0.640. The van der Waals surface area contributed by atoms with Gasteiger partial charge in [-0.05, 0) is 0 Å². The Morgan fingerprint density at radius 3 is 3.00 bits per heavy atom. The van der Waals surface area contributed by atoms with Crippen molar-refractivity contribution >= 4 is 5.97 Å². The van der Waals surface area contributed by atoms with Gasteiger partial charge in [-0.1, -0.05) is 0 Å². The average molecular weight is 162 g/mol. The minimum Gasteiger partial charge on any atom is -0.481 e. The predicted octanol–water partition coefficient (Wildman–Crippen LogP) is 0.836. The maximum absolute atomic E-state index is 12.9. The number of rotatable bonds is 2. The van der Waals surface area contributed by atoms with Crippen LogP contribution in [0.1, 0.15) is 12.8 Å². The lowest BCUT2D eigenvalue weighted by Gasteiger charge is -2.24. The Morgan fingerprint density at radius 1 is 1.73 bits per heavy atom. The van der Waals surface area contributed by atoms with Crippen molar-refractivity contribution in [2.45, 2.75) is 19.0 Å². The lowest BCUT2D eigenvalue weighted by atomic mass is 9.97. The van der Waals surface area contributed by atoms with Crippen LogP contribution in [0.4, 0.5) is 4.39 Å². The molecule has 11 heavy (non-hydrogen) atoms. The van der Waals surface area contributed by atoms with Crippen LogP contribution in [0.25, 0.3) is 0 Å². The van der Waals surface area contributed by atoms with Crippen LogP contribution in [-0.2, 0) is 9.53 Å². The van der Waals surface area contributed by atoms with Gasteiger partial charge >= 0.3 is 5.97 Å². The molecule has 0 unspecified atom stereocenters. The Balaban J connectivity index is 2.35. The number of carboxylic acids is 1. The normalized spacial score (nSPS) is 31.7. The molecule has 1 heterocycles. The number of carboxylic acid groups (broad SMARTS) is 1. The third kappa shape index (κ3) is 2.46. The molecule has 1 fully saturated rings. The van der Waals surface area contributed by atoms with Crippen molar-refractivity contribution in [3.05, 3.63) is 0 Å². The van der Waals surface area contributed by atoms with Crippen LogP contribution in [0.3, 0.4) is 0 Å². The summed E-state index contributed by atoms with van der Waals surface area (Å²) in [5, 5.41) is 8.36. The van der Waals surface area contributed by atoms with Gasteiger partial charge in [-0.15, -0.1) is 0 Å². The minimum atomic E-state index is -1.00. The Bertz CT molecular complexity index is 149. The van der Waals surface area contributed by atoms with Gasteiger partial charge < -0.3 is 9.84 Å². The van der Waals surface area contributed by atoms with E-state index >= 15 is 0 Å². The van der Waals surface area contributed by atoms with Gasteiger partial charge in [-0.3, -0.25) is 4.79 Å². The molecule has 2 atom stereocenters. The molecule has 64 valence electrons. The SMILES string of the molecule is O=C(O)C[C@@H]1COCC[C@H]1F. The Labute approximate surface area is 64.2 Å². The monoisotopic (exact) mass is 162 g/mol. The van der Waals surface area contributed by atoms with Crippen molar-refractivity contribution < 1.29 is 19.0 Å². The summed E-state index contributed by atoms with van der Waals surface area (Å²) in [5.74, 6) is -1.40. The quantitative estimate of drug-likeness (QED) is 0.654. The van der Waals surface area contributed by atoms with E-state index in [2.05, 4.69) is 0 Å². The summed E-state index contributed by atoms with van der Waals surface area (Å²) < 4.78 is 17.8. The van der Waals surface area contributed by atoms with Gasteiger partial charge in [-0.25, -0.2) is 4.39 Å². The molecule has 4 heteroatoms. The zero-order chi connectivity index (χ0) is 8.27. The topological polar surface area (TPSA) is 46.5 Å². The number of carbonyl (C=O) groups is 1. The van der Waals surface area contributed by atoms with Crippen molar-refractivity contribution in [1.29, 1.82) is 0 Å². The summed E-state index contributed by atoms with van der Waals surface area (Å²) in [6.07, 6.45) is -0.793. The van der Waals surface area contributed by atoms with Crippen LogP contribution < -0.4 is 0 Å². The largest absolute Gasteiger partial charge is 0.481 e. The second-order valence-corrected chi connectivity index (χ2v) is 2.74. The van der Waals surface area contributed by atoms with Crippen molar-refractivity contribution in [3.63, 3.8) is 0 Å². The van der Waals surface area contributed by atoms with Crippen molar-refractivity contribution in [2.75, 3.05) is 13.2 Å². The van der Waals surface area contributed by atoms with Gasteiger partial charge in [0.2, 0.25) is 0 Å². The number of hydrogen-bond acceptors (Lipinski definition) is 2. The number of hydrogen-bond donors (Lipinski definition) is 1. The lowest BCUT2D eigenvalue weighted by molar-refractivity contribution is -0.140. The molecule has 0 aromatic carbocycles. The maximum atomic E-state index is 12.9. The highest BCUT2D eigenvalue weighted by Gasteiger charge is 2.27. The average Bonchev–Trinajstić information content (AvgIpc) is 1.93. The fourth-order valence-electron chi connectivity index (χ4n) is 1.18. The Morgan fingerprint density at radius 2 is 2.45 bits per heavy atom. The Kier molecular flexibility index (Phi) is 2.82. The van der Waals surface area contributed by atoms with E-state index in [1.807, 2.05) is 0 Å². The highest BCUT2D eigenvalue weighted by Crippen LogP contribution is 2.20. The van der Waals surface area contributed by atoms with Crippen LogP contribution in [0, 0.1) is 5.92 Å². The van der Waals surface area contributed by atoms with Crippen LogP contribution in [0.2, 0.25) is 0 Å². The van der Waals surface area contributed by atoms with Gasteiger partial charge in [0, 0.05) is 18.9 Å². The zero-order valence-electron chi connectivity index (χ0n) is 6.12. The first-order valence-corrected chi connectivity index (χ1v) is 3.63. The van der Waals surface area contributed by atoms with E-state index < -0.39 is 18.1 Å².